The summed E-state index contributed by atoms with van der Waals surface area (Å²) in [4.78, 5) is 17.0. The summed E-state index contributed by atoms with van der Waals surface area (Å²) in [5.41, 5.74) is 3.11. The summed E-state index contributed by atoms with van der Waals surface area (Å²) in [7, 11) is 0. The van der Waals surface area contributed by atoms with Crippen molar-refractivity contribution in [2.24, 2.45) is 5.92 Å². The number of hydrogen-bond donors (Lipinski definition) is 1. The first-order valence-electron chi connectivity index (χ1n) is 7.69. The van der Waals surface area contributed by atoms with E-state index >= 15 is 0 Å². The van der Waals surface area contributed by atoms with E-state index < -0.39 is 0 Å². The third-order valence-corrected chi connectivity index (χ3v) is 4.45. The average Bonchev–Trinajstić information content (AvgIpc) is 2.85. The predicted octanol–water partition coefficient (Wildman–Crippen LogP) is 2.65. The minimum absolute atomic E-state index is 0.0544. The Morgan fingerprint density at radius 2 is 2.10 bits per heavy atom. The van der Waals surface area contributed by atoms with E-state index in [9.17, 15) is 4.79 Å². The zero-order chi connectivity index (χ0) is 15.0. The number of rotatable bonds is 2. The Hall–Kier alpha value is -1.91. The lowest BCUT2D eigenvalue weighted by molar-refractivity contribution is 0.0912. The number of nitrogens with one attached hydrogen (secondary N) is 1. The van der Waals surface area contributed by atoms with Gasteiger partial charge in [-0.05, 0) is 38.7 Å². The standard InChI is InChI=1S/C16H22N4O/c1-10-6-4-5-7-14(10)19-16(21)13-9-17-20-12(3)8-11(2)18-15(13)20/h8-10,14H,4-7H2,1-3H3,(H,19,21)/t10-,14+/m1/s1. The van der Waals surface area contributed by atoms with E-state index in [-0.39, 0.29) is 11.9 Å². The molecule has 3 rings (SSSR count). The quantitative estimate of drug-likeness (QED) is 0.923. The molecule has 5 nitrogen and oxygen atoms in total. The summed E-state index contributed by atoms with van der Waals surface area (Å²) in [6, 6.07) is 2.23. The molecule has 112 valence electrons. The normalized spacial score (nSPS) is 22.4. The molecule has 1 amide bonds. The minimum atomic E-state index is -0.0544. The number of carbonyl (C=O) groups excluding carboxylic acids is 1. The third kappa shape index (κ3) is 2.64. The highest BCUT2D eigenvalue weighted by Gasteiger charge is 2.25. The van der Waals surface area contributed by atoms with Gasteiger partial charge in [-0.1, -0.05) is 19.8 Å². The van der Waals surface area contributed by atoms with Gasteiger partial charge in [0.05, 0.1) is 6.20 Å². The number of carbonyl (C=O) groups is 1. The number of nitrogens with zero attached hydrogens (tertiary/aromatic N) is 3. The van der Waals surface area contributed by atoms with Crippen molar-refractivity contribution in [1.29, 1.82) is 0 Å². The van der Waals surface area contributed by atoms with Crippen LogP contribution in [0.2, 0.25) is 0 Å². The highest BCUT2D eigenvalue weighted by molar-refractivity contribution is 5.99. The van der Waals surface area contributed by atoms with Gasteiger partial charge in [0.1, 0.15) is 5.56 Å². The molecule has 0 unspecified atom stereocenters. The van der Waals surface area contributed by atoms with E-state index in [4.69, 9.17) is 0 Å². The number of hydrogen-bond acceptors (Lipinski definition) is 3. The molecular formula is C16H22N4O. The van der Waals surface area contributed by atoms with Crippen LogP contribution in [0.5, 0.6) is 0 Å². The van der Waals surface area contributed by atoms with Crippen LogP contribution >= 0.6 is 0 Å². The van der Waals surface area contributed by atoms with Gasteiger partial charge in [0.2, 0.25) is 0 Å². The summed E-state index contributed by atoms with van der Waals surface area (Å²) in [5, 5.41) is 7.46. The van der Waals surface area contributed by atoms with Crippen LogP contribution in [-0.2, 0) is 0 Å². The molecule has 0 spiro atoms. The highest BCUT2D eigenvalue weighted by atomic mass is 16.1. The Bertz CT molecular complexity index is 676. The minimum Gasteiger partial charge on any atom is -0.349 e. The van der Waals surface area contributed by atoms with Crippen molar-refractivity contribution in [2.75, 3.05) is 0 Å². The molecule has 2 heterocycles. The molecule has 0 saturated heterocycles. The van der Waals surface area contributed by atoms with Crippen LogP contribution < -0.4 is 5.32 Å². The molecule has 21 heavy (non-hydrogen) atoms. The predicted molar refractivity (Wildman–Crippen MR) is 81.3 cm³/mol. The lowest BCUT2D eigenvalue weighted by atomic mass is 9.86. The van der Waals surface area contributed by atoms with E-state index in [0.717, 1.165) is 17.8 Å². The van der Waals surface area contributed by atoms with Crippen LogP contribution in [0, 0.1) is 19.8 Å². The van der Waals surface area contributed by atoms with Crippen molar-refractivity contribution in [3.63, 3.8) is 0 Å². The SMILES string of the molecule is Cc1cc(C)n2ncc(C(=O)N[C@H]3CCCC[C@H]3C)c2n1. The van der Waals surface area contributed by atoms with E-state index in [2.05, 4.69) is 22.3 Å². The first kappa shape index (κ1) is 14.0. The van der Waals surface area contributed by atoms with Crippen LogP contribution in [0.15, 0.2) is 12.3 Å². The average molecular weight is 286 g/mol. The molecule has 1 saturated carbocycles. The molecular weight excluding hydrogens is 264 g/mol. The van der Waals surface area contributed by atoms with Crippen LogP contribution in [0.25, 0.3) is 5.65 Å². The maximum atomic E-state index is 12.6. The summed E-state index contributed by atoms with van der Waals surface area (Å²) in [5.74, 6) is 0.488. The fraction of sp³-hybridized carbons (Fsp3) is 0.562. The van der Waals surface area contributed by atoms with Crippen LogP contribution in [0.4, 0.5) is 0 Å². The molecule has 1 N–H and O–H groups in total. The number of fused-ring (bicyclic) bond motifs is 1. The Labute approximate surface area is 124 Å². The van der Waals surface area contributed by atoms with Gasteiger partial charge >= 0.3 is 0 Å². The summed E-state index contributed by atoms with van der Waals surface area (Å²) >= 11 is 0. The number of aromatic nitrogens is 3. The zero-order valence-electron chi connectivity index (χ0n) is 12.9. The first-order valence-corrected chi connectivity index (χ1v) is 7.69. The van der Waals surface area contributed by atoms with E-state index in [1.807, 2.05) is 19.9 Å². The summed E-state index contributed by atoms with van der Waals surface area (Å²) in [6.07, 6.45) is 6.34. The third-order valence-electron chi connectivity index (χ3n) is 4.45. The Kier molecular flexibility index (Phi) is 3.66. The molecule has 5 heteroatoms. The van der Waals surface area contributed by atoms with Crippen LogP contribution in [0.3, 0.4) is 0 Å². The summed E-state index contributed by atoms with van der Waals surface area (Å²) in [6.45, 7) is 6.12. The van der Waals surface area contributed by atoms with Gasteiger partial charge in [0.25, 0.3) is 5.91 Å². The second kappa shape index (κ2) is 5.47. The van der Waals surface area contributed by atoms with E-state index in [1.54, 1.807) is 10.7 Å². The highest BCUT2D eigenvalue weighted by Crippen LogP contribution is 2.24. The van der Waals surface area contributed by atoms with Crippen LogP contribution in [0.1, 0.15) is 54.4 Å². The largest absolute Gasteiger partial charge is 0.349 e. The second-order valence-electron chi connectivity index (χ2n) is 6.17. The molecule has 2 atom stereocenters. The van der Waals surface area contributed by atoms with E-state index in [1.165, 1.54) is 19.3 Å². The lowest BCUT2D eigenvalue weighted by Gasteiger charge is -2.29. The van der Waals surface area contributed by atoms with Crippen molar-refractivity contribution in [1.82, 2.24) is 19.9 Å². The van der Waals surface area contributed by atoms with Gasteiger partial charge in [-0.3, -0.25) is 4.79 Å². The van der Waals surface area contributed by atoms with Crippen LogP contribution in [-0.4, -0.2) is 26.5 Å². The summed E-state index contributed by atoms with van der Waals surface area (Å²) < 4.78 is 1.73. The smallest absolute Gasteiger partial charge is 0.256 e. The lowest BCUT2D eigenvalue weighted by Crippen LogP contribution is -2.41. The van der Waals surface area contributed by atoms with Gasteiger partial charge in [-0.2, -0.15) is 5.10 Å². The van der Waals surface area contributed by atoms with Crippen molar-refractivity contribution < 1.29 is 4.79 Å². The van der Waals surface area contributed by atoms with Gasteiger partial charge in [-0.25, -0.2) is 9.50 Å². The number of aryl methyl sites for hydroxylation is 2. The van der Waals surface area contributed by atoms with Crippen molar-refractivity contribution >= 4 is 11.6 Å². The Morgan fingerprint density at radius 3 is 2.86 bits per heavy atom. The Morgan fingerprint density at radius 1 is 1.33 bits per heavy atom. The molecule has 1 aliphatic rings. The second-order valence-corrected chi connectivity index (χ2v) is 6.17. The van der Waals surface area contributed by atoms with Crippen molar-refractivity contribution in [3.05, 3.63) is 29.2 Å². The molecule has 0 aromatic carbocycles. The Balaban J connectivity index is 1.88. The van der Waals surface area contributed by atoms with Gasteiger partial charge in [0, 0.05) is 17.4 Å². The molecule has 0 aliphatic heterocycles. The zero-order valence-corrected chi connectivity index (χ0v) is 12.9. The number of amides is 1. The molecule has 0 bridgehead atoms. The topological polar surface area (TPSA) is 59.3 Å². The van der Waals surface area contributed by atoms with Gasteiger partial charge < -0.3 is 5.32 Å². The van der Waals surface area contributed by atoms with Crippen molar-refractivity contribution in [3.8, 4) is 0 Å². The molecule has 2 aromatic heterocycles. The fourth-order valence-corrected chi connectivity index (χ4v) is 3.21. The van der Waals surface area contributed by atoms with Gasteiger partial charge in [-0.15, -0.1) is 0 Å². The maximum absolute atomic E-state index is 12.6. The molecule has 2 aromatic rings. The van der Waals surface area contributed by atoms with Crippen molar-refractivity contribution in [2.45, 2.75) is 52.5 Å². The van der Waals surface area contributed by atoms with E-state index in [0.29, 0.717) is 17.1 Å². The molecule has 1 fully saturated rings. The molecule has 0 radical (unpaired) electrons. The first-order chi connectivity index (χ1) is 10.1. The molecule has 1 aliphatic carbocycles. The maximum Gasteiger partial charge on any atom is 0.256 e. The van der Waals surface area contributed by atoms with Gasteiger partial charge in [0.15, 0.2) is 5.65 Å². The monoisotopic (exact) mass is 286 g/mol. The fourth-order valence-electron chi connectivity index (χ4n) is 3.21.